The van der Waals surface area contributed by atoms with Crippen molar-refractivity contribution in [1.82, 2.24) is 10.2 Å². The lowest BCUT2D eigenvalue weighted by Gasteiger charge is -2.40. The first-order valence-corrected chi connectivity index (χ1v) is 10.9. The Balaban J connectivity index is 1.75. The van der Waals surface area contributed by atoms with E-state index in [0.717, 1.165) is 42.6 Å². The van der Waals surface area contributed by atoms with Crippen LogP contribution in [0.1, 0.15) is 58.5 Å². The molecule has 0 radical (unpaired) electrons. The molecule has 0 saturated carbocycles. The molecule has 0 atom stereocenters. The molecule has 2 aromatic carbocycles. The summed E-state index contributed by atoms with van der Waals surface area (Å²) < 4.78 is 6.44. The number of carbonyl (C=O) groups excluding carboxylic acids is 2. The lowest BCUT2D eigenvalue weighted by atomic mass is 9.83. The molecule has 2 amide bonds. The predicted molar refractivity (Wildman–Crippen MR) is 121 cm³/mol. The summed E-state index contributed by atoms with van der Waals surface area (Å²) in [4.78, 5) is 26.2. The van der Waals surface area contributed by atoms with Crippen LogP contribution in [0.3, 0.4) is 0 Å². The number of ether oxygens (including phenoxy) is 1. The van der Waals surface area contributed by atoms with Gasteiger partial charge in [0.15, 0.2) is 0 Å². The molecule has 1 spiro atoms. The molecule has 2 heterocycles. The molecule has 4 rings (SSSR count). The third kappa shape index (κ3) is 4.08. The van der Waals surface area contributed by atoms with E-state index >= 15 is 0 Å². The van der Waals surface area contributed by atoms with Gasteiger partial charge in [0.1, 0.15) is 11.4 Å². The van der Waals surface area contributed by atoms with E-state index < -0.39 is 11.5 Å². The SMILES string of the molecule is CCN(CC)C(=O)c1ccc(C2=CC3(CCNCC3)Oc3cc(C(N)=O)ccc32)cc1. The fourth-order valence-electron chi connectivity index (χ4n) is 4.39. The van der Waals surface area contributed by atoms with Gasteiger partial charge in [-0.1, -0.05) is 12.1 Å². The molecule has 6 nitrogen and oxygen atoms in total. The second kappa shape index (κ2) is 8.55. The second-order valence-corrected chi connectivity index (χ2v) is 8.10. The van der Waals surface area contributed by atoms with E-state index in [1.165, 1.54) is 0 Å². The van der Waals surface area contributed by atoms with Crippen molar-refractivity contribution in [2.45, 2.75) is 32.3 Å². The van der Waals surface area contributed by atoms with Crippen LogP contribution in [-0.4, -0.2) is 48.5 Å². The van der Waals surface area contributed by atoms with Crippen molar-refractivity contribution < 1.29 is 14.3 Å². The van der Waals surface area contributed by atoms with Gasteiger partial charge in [-0.2, -0.15) is 0 Å². The highest BCUT2D eigenvalue weighted by molar-refractivity contribution is 5.96. The van der Waals surface area contributed by atoms with Crippen LogP contribution >= 0.6 is 0 Å². The molecular formula is C25H29N3O3. The minimum absolute atomic E-state index is 0.0406. The zero-order valence-electron chi connectivity index (χ0n) is 18.1. The highest BCUT2D eigenvalue weighted by Crippen LogP contribution is 2.43. The van der Waals surface area contributed by atoms with Gasteiger partial charge in [0.25, 0.3) is 5.91 Å². The van der Waals surface area contributed by atoms with Gasteiger partial charge in [0.05, 0.1) is 0 Å². The number of hydrogen-bond acceptors (Lipinski definition) is 4. The number of piperidine rings is 1. The summed E-state index contributed by atoms with van der Waals surface area (Å²) in [5.41, 5.74) is 9.20. The number of nitrogens with one attached hydrogen (secondary N) is 1. The van der Waals surface area contributed by atoms with Gasteiger partial charge >= 0.3 is 0 Å². The zero-order valence-corrected chi connectivity index (χ0v) is 18.1. The van der Waals surface area contributed by atoms with Crippen LogP contribution in [0.2, 0.25) is 0 Å². The predicted octanol–water partition coefficient (Wildman–Crippen LogP) is 3.21. The molecule has 2 aliphatic heterocycles. The van der Waals surface area contributed by atoms with Crippen molar-refractivity contribution in [3.63, 3.8) is 0 Å². The zero-order chi connectivity index (χ0) is 22.0. The number of fused-ring (bicyclic) bond motifs is 1. The Morgan fingerprint density at radius 3 is 2.29 bits per heavy atom. The lowest BCUT2D eigenvalue weighted by molar-refractivity contribution is 0.0772. The van der Waals surface area contributed by atoms with E-state index in [4.69, 9.17) is 10.5 Å². The number of carbonyl (C=O) groups is 2. The molecule has 0 aromatic heterocycles. The second-order valence-electron chi connectivity index (χ2n) is 8.10. The van der Waals surface area contributed by atoms with Gasteiger partial charge in [-0.15, -0.1) is 0 Å². The quantitative estimate of drug-likeness (QED) is 0.779. The van der Waals surface area contributed by atoms with E-state index in [2.05, 4.69) is 11.4 Å². The molecule has 1 saturated heterocycles. The highest BCUT2D eigenvalue weighted by Gasteiger charge is 2.37. The van der Waals surface area contributed by atoms with Gasteiger partial charge in [0, 0.05) is 42.6 Å². The summed E-state index contributed by atoms with van der Waals surface area (Å²) in [5.74, 6) is 0.249. The molecule has 2 aromatic rings. The highest BCUT2D eigenvalue weighted by atomic mass is 16.5. The van der Waals surface area contributed by atoms with Crippen LogP contribution < -0.4 is 15.8 Å². The van der Waals surface area contributed by atoms with Crippen molar-refractivity contribution in [3.05, 3.63) is 70.8 Å². The van der Waals surface area contributed by atoms with Gasteiger partial charge < -0.3 is 20.7 Å². The van der Waals surface area contributed by atoms with Crippen molar-refractivity contribution in [3.8, 4) is 5.75 Å². The summed E-state index contributed by atoms with van der Waals surface area (Å²) in [6.07, 6.45) is 3.89. The average Bonchev–Trinajstić information content (AvgIpc) is 2.79. The summed E-state index contributed by atoms with van der Waals surface area (Å²) in [5, 5.41) is 3.38. The molecule has 1 fully saturated rings. The lowest BCUT2D eigenvalue weighted by Crippen LogP contribution is -2.46. The van der Waals surface area contributed by atoms with Gasteiger partial charge in [-0.25, -0.2) is 0 Å². The Morgan fingerprint density at radius 1 is 1.03 bits per heavy atom. The number of hydrogen-bond donors (Lipinski definition) is 2. The third-order valence-electron chi connectivity index (χ3n) is 6.22. The van der Waals surface area contributed by atoms with E-state index in [-0.39, 0.29) is 5.91 Å². The normalized spacial score (nSPS) is 16.8. The molecule has 3 N–H and O–H groups in total. The van der Waals surface area contributed by atoms with Gasteiger partial charge in [-0.3, -0.25) is 9.59 Å². The summed E-state index contributed by atoms with van der Waals surface area (Å²) >= 11 is 0. The number of primary amides is 1. The van der Waals surface area contributed by atoms with Gasteiger partial charge in [0.2, 0.25) is 5.91 Å². The van der Waals surface area contributed by atoms with Crippen LogP contribution in [0.25, 0.3) is 5.57 Å². The molecule has 162 valence electrons. The monoisotopic (exact) mass is 419 g/mol. The number of rotatable bonds is 5. The van der Waals surface area contributed by atoms with Crippen LogP contribution in [0, 0.1) is 0 Å². The van der Waals surface area contributed by atoms with Crippen LogP contribution in [-0.2, 0) is 0 Å². The van der Waals surface area contributed by atoms with Gasteiger partial charge in [-0.05, 0) is 74.5 Å². The maximum atomic E-state index is 12.7. The third-order valence-corrected chi connectivity index (χ3v) is 6.22. The number of nitrogens with two attached hydrogens (primary N) is 1. The van der Waals surface area contributed by atoms with Crippen molar-refractivity contribution in [2.24, 2.45) is 5.73 Å². The van der Waals surface area contributed by atoms with E-state index in [9.17, 15) is 9.59 Å². The maximum Gasteiger partial charge on any atom is 0.253 e. The first-order chi connectivity index (χ1) is 15.0. The molecular weight excluding hydrogens is 390 g/mol. The van der Waals surface area contributed by atoms with Crippen LogP contribution in [0.4, 0.5) is 0 Å². The summed E-state index contributed by atoms with van der Waals surface area (Å²) in [6, 6.07) is 13.1. The Kier molecular flexibility index (Phi) is 5.83. The molecule has 0 aliphatic carbocycles. The van der Waals surface area contributed by atoms with E-state index in [0.29, 0.717) is 30.0 Å². The first-order valence-electron chi connectivity index (χ1n) is 10.9. The molecule has 0 bridgehead atoms. The molecule has 0 unspecified atom stereocenters. The van der Waals surface area contributed by atoms with Crippen molar-refractivity contribution >= 4 is 17.4 Å². The summed E-state index contributed by atoms with van der Waals surface area (Å²) in [7, 11) is 0. The average molecular weight is 420 g/mol. The maximum absolute atomic E-state index is 12.7. The first kappa shape index (κ1) is 21.1. The fourth-order valence-corrected chi connectivity index (χ4v) is 4.39. The van der Waals surface area contributed by atoms with Crippen LogP contribution in [0.15, 0.2) is 48.5 Å². The molecule has 2 aliphatic rings. The van der Waals surface area contributed by atoms with Crippen LogP contribution in [0.5, 0.6) is 5.75 Å². The van der Waals surface area contributed by atoms with Crippen molar-refractivity contribution in [2.75, 3.05) is 26.2 Å². The Labute approximate surface area is 183 Å². The number of benzene rings is 2. The topological polar surface area (TPSA) is 84.7 Å². The smallest absolute Gasteiger partial charge is 0.253 e. The molecule has 6 heteroatoms. The largest absolute Gasteiger partial charge is 0.482 e. The fraction of sp³-hybridized carbons (Fsp3) is 0.360. The minimum atomic E-state index is -0.471. The Morgan fingerprint density at radius 2 is 1.68 bits per heavy atom. The number of nitrogens with zero attached hydrogens (tertiary/aromatic N) is 1. The Hall–Kier alpha value is -3.12. The molecule has 31 heavy (non-hydrogen) atoms. The Bertz CT molecular complexity index is 1020. The van der Waals surface area contributed by atoms with E-state index in [1.54, 1.807) is 12.1 Å². The summed E-state index contributed by atoms with van der Waals surface area (Å²) in [6.45, 7) is 7.08. The minimum Gasteiger partial charge on any atom is -0.482 e. The number of amides is 2. The van der Waals surface area contributed by atoms with E-state index in [1.807, 2.05) is 49.1 Å². The van der Waals surface area contributed by atoms with Crippen molar-refractivity contribution in [1.29, 1.82) is 0 Å². The standard InChI is InChI=1S/C25H29N3O3/c1-3-28(4-2)24(30)18-7-5-17(6-8-18)21-16-25(11-13-27-14-12-25)31-22-15-19(23(26)29)9-10-20(21)22/h5-10,15-16,27H,3-4,11-14H2,1-2H3,(H2,26,29).